The zero-order valence-electron chi connectivity index (χ0n) is 13.5. The normalized spacial score (nSPS) is 19.1. The van der Waals surface area contributed by atoms with Gasteiger partial charge in [0.15, 0.2) is 0 Å². The smallest absolute Gasteiger partial charge is 0.414 e. The SMILES string of the molecule is COC(=O)N1CC(C(C)(C)C)=C2N=CC(C(C)(C)C)=C21. The average molecular weight is 276 g/mol. The summed E-state index contributed by atoms with van der Waals surface area (Å²) in [6.45, 7) is 13.4. The minimum atomic E-state index is -0.316. The third kappa shape index (κ3) is 2.28. The Kier molecular flexibility index (Phi) is 3.31. The molecule has 2 rings (SSSR count). The van der Waals surface area contributed by atoms with Crippen molar-refractivity contribution in [3.63, 3.8) is 0 Å². The van der Waals surface area contributed by atoms with Crippen LogP contribution in [0.25, 0.3) is 0 Å². The molecule has 0 N–H and O–H groups in total. The van der Waals surface area contributed by atoms with Gasteiger partial charge in [-0.1, -0.05) is 41.5 Å². The van der Waals surface area contributed by atoms with Crippen molar-refractivity contribution in [1.82, 2.24) is 4.90 Å². The number of methoxy groups -OCH3 is 1. The summed E-state index contributed by atoms with van der Waals surface area (Å²) in [6.07, 6.45) is 1.58. The van der Waals surface area contributed by atoms with Crippen LogP contribution in [0.4, 0.5) is 4.79 Å². The van der Waals surface area contributed by atoms with Gasteiger partial charge in [0.1, 0.15) is 0 Å². The van der Waals surface area contributed by atoms with Crippen LogP contribution in [0.1, 0.15) is 41.5 Å². The monoisotopic (exact) mass is 276 g/mol. The van der Waals surface area contributed by atoms with E-state index < -0.39 is 0 Å². The molecule has 110 valence electrons. The lowest BCUT2D eigenvalue weighted by Gasteiger charge is -2.25. The lowest BCUT2D eigenvalue weighted by Crippen LogP contribution is -2.31. The molecule has 0 radical (unpaired) electrons. The molecule has 0 aromatic heterocycles. The third-order valence-electron chi connectivity index (χ3n) is 3.78. The molecule has 2 heterocycles. The molecule has 0 aromatic rings. The van der Waals surface area contributed by atoms with Crippen molar-refractivity contribution in [3.05, 3.63) is 22.5 Å². The third-order valence-corrected chi connectivity index (χ3v) is 3.78. The van der Waals surface area contributed by atoms with Crippen LogP contribution >= 0.6 is 0 Å². The number of nitrogens with zero attached hydrogens (tertiary/aromatic N) is 2. The van der Waals surface area contributed by atoms with Gasteiger partial charge in [-0.2, -0.15) is 0 Å². The van der Waals surface area contributed by atoms with E-state index >= 15 is 0 Å². The molecule has 0 spiro atoms. The van der Waals surface area contributed by atoms with E-state index in [-0.39, 0.29) is 16.9 Å². The van der Waals surface area contributed by atoms with Crippen molar-refractivity contribution < 1.29 is 9.53 Å². The molecule has 2 aliphatic heterocycles. The van der Waals surface area contributed by atoms with Crippen LogP contribution in [0.15, 0.2) is 27.5 Å². The Morgan fingerprint density at radius 2 is 1.80 bits per heavy atom. The van der Waals surface area contributed by atoms with Crippen LogP contribution in [0.2, 0.25) is 0 Å². The highest BCUT2D eigenvalue weighted by Gasteiger charge is 2.41. The van der Waals surface area contributed by atoms with Crippen LogP contribution in [0.3, 0.4) is 0 Å². The van der Waals surface area contributed by atoms with Crippen LogP contribution in [0.5, 0.6) is 0 Å². The van der Waals surface area contributed by atoms with Crippen LogP contribution in [-0.2, 0) is 4.74 Å². The Morgan fingerprint density at radius 3 is 2.25 bits per heavy atom. The Bertz CT molecular complexity index is 540. The lowest BCUT2D eigenvalue weighted by molar-refractivity contribution is 0.140. The summed E-state index contributed by atoms with van der Waals surface area (Å²) < 4.78 is 4.93. The Balaban J connectivity index is 2.60. The molecular formula is C16H24N2O2. The highest BCUT2D eigenvalue weighted by atomic mass is 16.5. The number of amides is 1. The minimum Gasteiger partial charge on any atom is -0.452 e. The fourth-order valence-electron chi connectivity index (χ4n) is 2.59. The molecule has 0 aromatic carbocycles. The number of ether oxygens (including phenoxy) is 1. The number of hydrogen-bond donors (Lipinski definition) is 0. The molecule has 0 atom stereocenters. The summed E-state index contributed by atoms with van der Waals surface area (Å²) in [4.78, 5) is 18.4. The van der Waals surface area contributed by atoms with Gasteiger partial charge in [-0.25, -0.2) is 4.79 Å². The van der Waals surface area contributed by atoms with Gasteiger partial charge in [0, 0.05) is 11.8 Å². The molecule has 4 heteroatoms. The summed E-state index contributed by atoms with van der Waals surface area (Å²) >= 11 is 0. The van der Waals surface area contributed by atoms with E-state index in [1.54, 1.807) is 4.90 Å². The van der Waals surface area contributed by atoms with E-state index in [2.05, 4.69) is 46.5 Å². The largest absolute Gasteiger partial charge is 0.452 e. The van der Waals surface area contributed by atoms with Crippen molar-refractivity contribution >= 4 is 12.3 Å². The van der Waals surface area contributed by atoms with E-state index in [0.29, 0.717) is 6.54 Å². The maximum atomic E-state index is 12.1. The second kappa shape index (κ2) is 4.47. The van der Waals surface area contributed by atoms with E-state index in [1.807, 2.05) is 6.21 Å². The summed E-state index contributed by atoms with van der Waals surface area (Å²) in [5.74, 6) is 0. The summed E-state index contributed by atoms with van der Waals surface area (Å²) in [5.41, 5.74) is 4.08. The Labute approximate surface area is 121 Å². The fraction of sp³-hybridized carbons (Fsp3) is 0.625. The number of hydrogen-bond acceptors (Lipinski definition) is 3. The second-order valence-electron chi connectivity index (χ2n) is 7.40. The van der Waals surface area contributed by atoms with Gasteiger partial charge < -0.3 is 4.74 Å². The van der Waals surface area contributed by atoms with Crippen molar-refractivity contribution in [2.75, 3.05) is 13.7 Å². The van der Waals surface area contributed by atoms with E-state index in [1.165, 1.54) is 12.7 Å². The summed E-state index contributed by atoms with van der Waals surface area (Å²) in [5, 5.41) is 0. The molecule has 0 saturated carbocycles. The number of allylic oxidation sites excluding steroid dienone is 1. The molecule has 20 heavy (non-hydrogen) atoms. The number of aliphatic imine (C=N–C) groups is 1. The molecule has 0 aliphatic carbocycles. The standard InChI is InChI=1S/C16H24N2O2/c1-15(2,3)10-8-17-12-11(16(4,5)6)9-18(13(10)12)14(19)20-7/h8H,9H2,1-7H3. The van der Waals surface area contributed by atoms with Gasteiger partial charge in [0.05, 0.1) is 25.0 Å². The first-order valence-electron chi connectivity index (χ1n) is 6.95. The molecule has 2 aliphatic rings. The number of fused-ring (bicyclic) bond motifs is 1. The van der Waals surface area contributed by atoms with Gasteiger partial charge in [0.25, 0.3) is 0 Å². The van der Waals surface area contributed by atoms with E-state index in [0.717, 1.165) is 17.0 Å². The van der Waals surface area contributed by atoms with E-state index in [9.17, 15) is 4.79 Å². The Hall–Kier alpha value is -1.58. The zero-order chi connectivity index (χ0) is 15.3. The van der Waals surface area contributed by atoms with Crippen molar-refractivity contribution in [3.8, 4) is 0 Å². The molecule has 0 unspecified atom stereocenters. The predicted molar refractivity (Wildman–Crippen MR) is 80.6 cm³/mol. The molecule has 0 bridgehead atoms. The molecule has 4 nitrogen and oxygen atoms in total. The minimum absolute atomic E-state index is 0.0198. The lowest BCUT2D eigenvalue weighted by atomic mass is 9.84. The van der Waals surface area contributed by atoms with Gasteiger partial charge in [-0.3, -0.25) is 9.89 Å². The molecule has 1 amide bonds. The highest BCUT2D eigenvalue weighted by molar-refractivity contribution is 5.91. The van der Waals surface area contributed by atoms with Crippen molar-refractivity contribution in [2.24, 2.45) is 15.8 Å². The van der Waals surface area contributed by atoms with Gasteiger partial charge in [-0.05, 0) is 16.4 Å². The zero-order valence-corrected chi connectivity index (χ0v) is 13.5. The first-order valence-corrected chi connectivity index (χ1v) is 6.95. The quantitative estimate of drug-likeness (QED) is 0.676. The summed E-state index contributed by atoms with van der Waals surface area (Å²) in [7, 11) is 1.42. The highest BCUT2D eigenvalue weighted by Crippen LogP contribution is 2.45. The Morgan fingerprint density at radius 1 is 1.20 bits per heavy atom. The predicted octanol–water partition coefficient (Wildman–Crippen LogP) is 3.75. The van der Waals surface area contributed by atoms with Crippen molar-refractivity contribution in [2.45, 2.75) is 41.5 Å². The molecule has 0 saturated heterocycles. The van der Waals surface area contributed by atoms with Gasteiger partial charge in [-0.15, -0.1) is 0 Å². The van der Waals surface area contributed by atoms with E-state index in [4.69, 9.17) is 4.74 Å². The maximum Gasteiger partial charge on any atom is 0.414 e. The average Bonchev–Trinajstić information content (AvgIpc) is 2.83. The summed E-state index contributed by atoms with van der Waals surface area (Å²) in [6, 6.07) is 0. The topological polar surface area (TPSA) is 41.9 Å². The molecule has 0 fully saturated rings. The number of carbonyl (C=O) groups is 1. The first kappa shape index (κ1) is 14.8. The molecular weight excluding hydrogens is 252 g/mol. The number of rotatable bonds is 0. The van der Waals surface area contributed by atoms with Crippen LogP contribution in [-0.4, -0.2) is 30.9 Å². The van der Waals surface area contributed by atoms with Crippen LogP contribution < -0.4 is 0 Å². The van der Waals surface area contributed by atoms with Gasteiger partial charge >= 0.3 is 6.09 Å². The first-order chi connectivity index (χ1) is 9.07. The van der Waals surface area contributed by atoms with Crippen molar-refractivity contribution in [1.29, 1.82) is 0 Å². The van der Waals surface area contributed by atoms with Gasteiger partial charge in [0.2, 0.25) is 0 Å². The fourth-order valence-corrected chi connectivity index (χ4v) is 2.59. The number of carbonyl (C=O) groups excluding carboxylic acids is 1. The maximum absolute atomic E-state index is 12.1. The van der Waals surface area contributed by atoms with Crippen LogP contribution in [0, 0.1) is 10.8 Å². The second-order valence-corrected chi connectivity index (χ2v) is 7.40.